The van der Waals surface area contributed by atoms with Gasteiger partial charge in [-0.2, -0.15) is 0 Å². The molecule has 7 heteroatoms. The van der Waals surface area contributed by atoms with E-state index in [1.165, 1.54) is 26.4 Å². The summed E-state index contributed by atoms with van der Waals surface area (Å²) in [6.07, 6.45) is 0. The molecule has 0 aliphatic heterocycles. The molecule has 7 nitrogen and oxygen atoms in total. The van der Waals surface area contributed by atoms with Crippen LogP contribution in [0.15, 0.2) is 36.4 Å². The zero-order chi connectivity index (χ0) is 17.0. The Morgan fingerprint density at radius 3 is 2.17 bits per heavy atom. The van der Waals surface area contributed by atoms with Crippen LogP contribution in [0.25, 0.3) is 0 Å². The third-order valence-electron chi connectivity index (χ3n) is 3.26. The number of carbonyl (C=O) groups excluding carboxylic acids is 1. The van der Waals surface area contributed by atoms with Gasteiger partial charge in [0, 0.05) is 11.6 Å². The van der Waals surface area contributed by atoms with Gasteiger partial charge in [-0.3, -0.25) is 14.9 Å². The van der Waals surface area contributed by atoms with E-state index in [1.807, 2.05) is 6.92 Å². The molecule has 120 valence electrons. The van der Waals surface area contributed by atoms with E-state index in [0.29, 0.717) is 5.56 Å². The van der Waals surface area contributed by atoms with E-state index in [1.54, 1.807) is 24.3 Å². The molecule has 2 rings (SSSR count). The van der Waals surface area contributed by atoms with Crippen LogP contribution in [0.5, 0.6) is 11.5 Å². The number of hydrogen-bond donors (Lipinski definition) is 1. The molecule has 0 bridgehead atoms. The standard InChI is InChI=1S/C16H16N2O5/c1-10-4-6-11(7-5-10)16(19)17-12-8-14(22-2)15(23-3)9-13(12)18(20)21/h4-9H,1-3H3,(H,17,19). The van der Waals surface area contributed by atoms with E-state index in [-0.39, 0.29) is 22.9 Å². The predicted octanol–water partition coefficient (Wildman–Crippen LogP) is 3.17. The minimum absolute atomic E-state index is 0.0400. The number of rotatable bonds is 5. The van der Waals surface area contributed by atoms with Crippen molar-refractivity contribution < 1.29 is 19.2 Å². The topological polar surface area (TPSA) is 90.7 Å². The van der Waals surface area contributed by atoms with Gasteiger partial charge < -0.3 is 14.8 Å². The lowest BCUT2D eigenvalue weighted by Gasteiger charge is -2.11. The second kappa shape index (κ2) is 6.78. The molecule has 0 spiro atoms. The number of aryl methyl sites for hydroxylation is 1. The lowest BCUT2D eigenvalue weighted by atomic mass is 10.1. The molecule has 0 saturated carbocycles. The first-order valence-electron chi connectivity index (χ1n) is 6.74. The van der Waals surface area contributed by atoms with Gasteiger partial charge in [0.1, 0.15) is 5.69 Å². The van der Waals surface area contributed by atoms with Crippen LogP contribution in [0.2, 0.25) is 0 Å². The van der Waals surface area contributed by atoms with Crippen molar-refractivity contribution in [2.24, 2.45) is 0 Å². The monoisotopic (exact) mass is 316 g/mol. The molecule has 0 aromatic heterocycles. The van der Waals surface area contributed by atoms with E-state index in [4.69, 9.17) is 9.47 Å². The van der Waals surface area contributed by atoms with Crippen LogP contribution in [-0.2, 0) is 0 Å². The van der Waals surface area contributed by atoms with E-state index < -0.39 is 10.8 Å². The molecule has 0 aliphatic carbocycles. The highest BCUT2D eigenvalue weighted by Crippen LogP contribution is 2.37. The minimum Gasteiger partial charge on any atom is -0.493 e. The predicted molar refractivity (Wildman–Crippen MR) is 85.3 cm³/mol. The summed E-state index contributed by atoms with van der Waals surface area (Å²) in [5.74, 6) is 0.0603. The van der Waals surface area contributed by atoms with Gasteiger partial charge in [0.2, 0.25) is 0 Å². The molecule has 0 radical (unpaired) electrons. The van der Waals surface area contributed by atoms with Crippen LogP contribution in [0, 0.1) is 17.0 Å². The maximum atomic E-state index is 12.2. The molecule has 0 unspecified atom stereocenters. The number of nitro groups is 1. The quantitative estimate of drug-likeness (QED) is 0.676. The summed E-state index contributed by atoms with van der Waals surface area (Å²) >= 11 is 0. The summed E-state index contributed by atoms with van der Waals surface area (Å²) in [6, 6.07) is 9.46. The average Bonchev–Trinajstić information content (AvgIpc) is 2.54. The molecular weight excluding hydrogens is 300 g/mol. The zero-order valence-corrected chi connectivity index (χ0v) is 13.0. The fourth-order valence-electron chi connectivity index (χ4n) is 2.02. The lowest BCUT2D eigenvalue weighted by Crippen LogP contribution is -2.13. The Bertz CT molecular complexity index is 741. The van der Waals surface area contributed by atoms with Crippen LogP contribution in [-0.4, -0.2) is 25.1 Å². The van der Waals surface area contributed by atoms with E-state index in [9.17, 15) is 14.9 Å². The Labute approximate surface area is 133 Å². The molecule has 23 heavy (non-hydrogen) atoms. The van der Waals surface area contributed by atoms with Crippen molar-refractivity contribution in [3.63, 3.8) is 0 Å². The van der Waals surface area contributed by atoms with Gasteiger partial charge in [-0.15, -0.1) is 0 Å². The van der Waals surface area contributed by atoms with Crippen LogP contribution in [0.1, 0.15) is 15.9 Å². The summed E-state index contributed by atoms with van der Waals surface area (Å²) in [7, 11) is 2.79. The fourth-order valence-corrected chi connectivity index (χ4v) is 2.02. The summed E-state index contributed by atoms with van der Waals surface area (Å²) < 4.78 is 10.2. The van der Waals surface area contributed by atoms with Crippen molar-refractivity contribution >= 4 is 17.3 Å². The maximum absolute atomic E-state index is 12.2. The largest absolute Gasteiger partial charge is 0.493 e. The zero-order valence-electron chi connectivity index (χ0n) is 13.0. The van der Waals surface area contributed by atoms with Crippen LogP contribution >= 0.6 is 0 Å². The van der Waals surface area contributed by atoms with Gasteiger partial charge in [0.25, 0.3) is 11.6 Å². The molecule has 0 atom stereocenters. The van der Waals surface area contributed by atoms with Crippen LogP contribution in [0.4, 0.5) is 11.4 Å². The summed E-state index contributed by atoms with van der Waals surface area (Å²) in [5, 5.41) is 13.7. The molecule has 0 heterocycles. The number of nitro benzene ring substituents is 1. The van der Waals surface area contributed by atoms with Gasteiger partial charge in [-0.1, -0.05) is 17.7 Å². The number of benzene rings is 2. The summed E-state index contributed by atoms with van der Waals surface area (Å²) in [4.78, 5) is 22.9. The Kier molecular flexibility index (Phi) is 4.80. The lowest BCUT2D eigenvalue weighted by molar-refractivity contribution is -0.384. The second-order valence-electron chi connectivity index (χ2n) is 4.80. The van der Waals surface area contributed by atoms with E-state index in [2.05, 4.69) is 5.32 Å². The van der Waals surface area contributed by atoms with Crippen molar-refractivity contribution in [2.75, 3.05) is 19.5 Å². The van der Waals surface area contributed by atoms with Crippen LogP contribution in [0.3, 0.4) is 0 Å². The Morgan fingerprint density at radius 1 is 1.09 bits per heavy atom. The number of methoxy groups -OCH3 is 2. The summed E-state index contributed by atoms with van der Waals surface area (Å²) in [6.45, 7) is 1.90. The number of ether oxygens (including phenoxy) is 2. The van der Waals surface area contributed by atoms with Crippen molar-refractivity contribution in [3.8, 4) is 11.5 Å². The number of nitrogens with one attached hydrogen (secondary N) is 1. The minimum atomic E-state index is -0.591. The number of carbonyl (C=O) groups is 1. The first kappa shape index (κ1) is 16.3. The van der Waals surface area contributed by atoms with E-state index >= 15 is 0 Å². The molecule has 1 N–H and O–H groups in total. The summed E-state index contributed by atoms with van der Waals surface area (Å²) in [5.41, 5.74) is 1.18. The van der Waals surface area contributed by atoms with Crippen molar-refractivity contribution in [3.05, 3.63) is 57.6 Å². The molecule has 0 aliphatic rings. The van der Waals surface area contributed by atoms with Gasteiger partial charge in [-0.25, -0.2) is 0 Å². The van der Waals surface area contributed by atoms with Crippen molar-refractivity contribution in [1.82, 2.24) is 0 Å². The Morgan fingerprint density at radius 2 is 1.65 bits per heavy atom. The van der Waals surface area contributed by atoms with Gasteiger partial charge in [0.15, 0.2) is 11.5 Å². The highest BCUT2D eigenvalue weighted by molar-refractivity contribution is 6.05. The average molecular weight is 316 g/mol. The van der Waals surface area contributed by atoms with Gasteiger partial charge >= 0.3 is 0 Å². The third kappa shape index (κ3) is 3.57. The SMILES string of the molecule is COc1cc(NC(=O)c2ccc(C)cc2)c([N+](=O)[O-])cc1OC. The van der Waals surface area contributed by atoms with Gasteiger partial charge in [0.05, 0.1) is 25.2 Å². The number of amides is 1. The Hall–Kier alpha value is -3.09. The van der Waals surface area contributed by atoms with Gasteiger partial charge in [-0.05, 0) is 19.1 Å². The first-order chi connectivity index (χ1) is 11.0. The highest BCUT2D eigenvalue weighted by Gasteiger charge is 2.21. The number of hydrogen-bond acceptors (Lipinski definition) is 5. The fraction of sp³-hybridized carbons (Fsp3) is 0.188. The highest BCUT2D eigenvalue weighted by atomic mass is 16.6. The van der Waals surface area contributed by atoms with E-state index in [0.717, 1.165) is 5.56 Å². The maximum Gasteiger partial charge on any atom is 0.296 e. The molecule has 2 aromatic carbocycles. The Balaban J connectivity index is 2.39. The molecule has 0 fully saturated rings. The molecular formula is C16H16N2O5. The molecule has 0 saturated heterocycles. The smallest absolute Gasteiger partial charge is 0.296 e. The molecule has 1 amide bonds. The normalized spacial score (nSPS) is 10.0. The second-order valence-corrected chi connectivity index (χ2v) is 4.80. The number of nitrogens with zero attached hydrogens (tertiary/aromatic N) is 1. The number of anilines is 1. The third-order valence-corrected chi connectivity index (χ3v) is 3.26. The van der Waals surface area contributed by atoms with Crippen molar-refractivity contribution in [2.45, 2.75) is 6.92 Å². The van der Waals surface area contributed by atoms with Crippen LogP contribution < -0.4 is 14.8 Å². The van der Waals surface area contributed by atoms with Crippen molar-refractivity contribution in [1.29, 1.82) is 0 Å². The molecule has 2 aromatic rings. The first-order valence-corrected chi connectivity index (χ1v) is 6.74.